The summed E-state index contributed by atoms with van der Waals surface area (Å²) >= 11 is 1.12. The molecule has 2 heterocycles. The fraction of sp³-hybridized carbons (Fsp3) is 0. The number of nitrogens with zero attached hydrogens (tertiary/aromatic N) is 3. The molecule has 0 unspecified atom stereocenters. The Labute approximate surface area is 298 Å². The lowest BCUT2D eigenvalue weighted by molar-refractivity contribution is 1.07. The number of benzene rings is 7. The number of thiophene rings is 1. The first-order chi connectivity index (χ1) is 27.2. The summed E-state index contributed by atoms with van der Waals surface area (Å²) in [4.78, 5) is 15.0. The molecule has 7 aromatic carbocycles. The molecular weight excluding hydrogens is 615 g/mol. The van der Waals surface area contributed by atoms with Gasteiger partial charge in [0.05, 0.1) is 9.60 Å². The van der Waals surface area contributed by atoms with Gasteiger partial charge in [-0.15, -0.1) is 11.3 Å². The summed E-state index contributed by atoms with van der Waals surface area (Å²) in [6, 6.07) is 41.8. The fourth-order valence-electron chi connectivity index (χ4n) is 6.06. The Morgan fingerprint density at radius 3 is 1.55 bits per heavy atom. The van der Waals surface area contributed by atoms with Gasteiger partial charge in [-0.3, -0.25) is 0 Å². The van der Waals surface area contributed by atoms with E-state index in [0.29, 0.717) is 43.6 Å². The maximum atomic E-state index is 8.94. The van der Waals surface area contributed by atoms with Crippen LogP contribution in [0, 0.1) is 0 Å². The van der Waals surface area contributed by atoms with Crippen LogP contribution < -0.4 is 0 Å². The molecule has 0 saturated heterocycles. The van der Waals surface area contributed by atoms with E-state index in [0.717, 1.165) is 44.7 Å². The maximum absolute atomic E-state index is 8.94. The molecule has 0 aliphatic carbocycles. The van der Waals surface area contributed by atoms with E-state index in [1.54, 1.807) is 0 Å². The van der Waals surface area contributed by atoms with E-state index in [4.69, 9.17) is 24.5 Å². The van der Waals surface area contributed by atoms with Crippen LogP contribution in [0.25, 0.3) is 87.7 Å². The number of hydrogen-bond acceptors (Lipinski definition) is 4. The molecule has 0 fully saturated rings. The molecule has 49 heavy (non-hydrogen) atoms. The van der Waals surface area contributed by atoms with Crippen molar-refractivity contribution in [2.45, 2.75) is 0 Å². The third-order valence-corrected chi connectivity index (χ3v) is 9.63. The van der Waals surface area contributed by atoms with Crippen molar-refractivity contribution in [3.63, 3.8) is 0 Å². The van der Waals surface area contributed by atoms with Crippen LogP contribution in [0.2, 0.25) is 0 Å². The van der Waals surface area contributed by atoms with Crippen LogP contribution in [0.1, 0.15) is 9.60 Å². The van der Waals surface area contributed by atoms with E-state index in [1.807, 2.05) is 91.0 Å². The largest absolute Gasteiger partial charge is 0.208 e. The van der Waals surface area contributed by atoms with Crippen LogP contribution in [0.5, 0.6) is 0 Å². The van der Waals surface area contributed by atoms with Crippen molar-refractivity contribution < 1.29 is 9.60 Å². The van der Waals surface area contributed by atoms with E-state index >= 15 is 0 Å². The van der Waals surface area contributed by atoms with Crippen molar-refractivity contribution >= 4 is 31.5 Å². The molecule has 0 aliphatic rings. The highest BCUT2D eigenvalue weighted by Crippen LogP contribution is 2.40. The van der Waals surface area contributed by atoms with Crippen molar-refractivity contribution in [3.05, 3.63) is 176 Å². The molecule has 0 aliphatic heterocycles. The normalized spacial score (nSPS) is 13.3. The molecule has 9 rings (SSSR count). The summed E-state index contributed by atoms with van der Waals surface area (Å²) in [6.45, 7) is 0. The van der Waals surface area contributed by atoms with Gasteiger partial charge in [0.2, 0.25) is 0 Å². The molecule has 0 atom stereocenters. The van der Waals surface area contributed by atoms with Crippen LogP contribution in [-0.4, -0.2) is 15.0 Å². The average Bonchev–Trinajstić information content (AvgIpc) is 3.65. The Bertz CT molecular complexity index is 2970. The van der Waals surface area contributed by atoms with E-state index in [1.165, 1.54) is 0 Å². The molecule has 0 spiro atoms. The smallest absolute Gasteiger partial charge is 0.164 e. The second-order valence-electron chi connectivity index (χ2n) is 11.5. The highest BCUT2D eigenvalue weighted by molar-refractivity contribution is 7.26. The summed E-state index contributed by atoms with van der Waals surface area (Å²) in [7, 11) is 0. The minimum atomic E-state index is -0.399. The quantitative estimate of drug-likeness (QED) is 0.180. The Morgan fingerprint density at radius 1 is 0.367 bits per heavy atom. The summed E-state index contributed by atoms with van der Waals surface area (Å²) in [5, 5.41) is 0.449. The first-order valence-electron chi connectivity index (χ1n) is 19.3. The van der Waals surface area contributed by atoms with Crippen LogP contribution in [0.3, 0.4) is 0 Å². The Hall–Kier alpha value is -6.23. The fourth-order valence-corrected chi connectivity index (χ4v) is 7.15. The van der Waals surface area contributed by atoms with Gasteiger partial charge in [-0.05, 0) is 39.4 Å². The van der Waals surface area contributed by atoms with Crippen LogP contribution in [-0.2, 0) is 0 Å². The lowest BCUT2D eigenvalue weighted by Crippen LogP contribution is -2.01. The molecule has 0 bridgehead atoms. The van der Waals surface area contributed by atoms with Crippen LogP contribution >= 0.6 is 11.3 Å². The van der Waals surface area contributed by atoms with Gasteiger partial charge >= 0.3 is 0 Å². The molecule has 3 nitrogen and oxygen atoms in total. The monoisotopic (exact) mass is 650 g/mol. The second-order valence-corrected chi connectivity index (χ2v) is 12.5. The second kappa shape index (κ2) is 12.4. The lowest BCUT2D eigenvalue weighted by atomic mass is 9.99. The average molecular weight is 651 g/mol. The molecule has 0 amide bonds. The minimum Gasteiger partial charge on any atom is -0.208 e. The Balaban J connectivity index is 1.20. The summed E-state index contributed by atoms with van der Waals surface area (Å²) in [5.74, 6) is 1.45. The van der Waals surface area contributed by atoms with E-state index in [9.17, 15) is 0 Å². The molecule has 0 N–H and O–H groups in total. The molecule has 2 aromatic heterocycles. The molecule has 9 aromatic rings. The predicted octanol–water partition coefficient (Wildman–Crippen LogP) is 12.2. The number of rotatable bonds is 6. The van der Waals surface area contributed by atoms with Crippen molar-refractivity contribution in [1.82, 2.24) is 15.0 Å². The van der Waals surface area contributed by atoms with Gasteiger partial charge in [0.15, 0.2) is 17.5 Å². The zero-order valence-corrected chi connectivity index (χ0v) is 26.8. The lowest BCUT2D eigenvalue weighted by Gasteiger charge is -2.12. The minimum absolute atomic E-state index is 0.154. The van der Waals surface area contributed by atoms with E-state index in [-0.39, 0.29) is 47.0 Å². The molecule has 230 valence electrons. The zero-order valence-electron chi connectivity index (χ0n) is 33.0. The molecule has 0 radical (unpaired) electrons. The summed E-state index contributed by atoms with van der Waals surface area (Å²) < 4.78 is 60.8. The highest BCUT2D eigenvalue weighted by Gasteiger charge is 2.16. The predicted molar refractivity (Wildman–Crippen MR) is 205 cm³/mol. The summed E-state index contributed by atoms with van der Waals surface area (Å²) in [6.07, 6.45) is 0. The van der Waals surface area contributed by atoms with Gasteiger partial charge in [-0.1, -0.05) is 170 Å². The third kappa shape index (κ3) is 5.48. The summed E-state index contributed by atoms with van der Waals surface area (Å²) in [5.41, 5.74) is 7.53. The van der Waals surface area contributed by atoms with Gasteiger partial charge in [-0.25, -0.2) is 15.0 Å². The first kappa shape index (κ1) is 22.4. The van der Waals surface area contributed by atoms with Gasteiger partial charge in [0.1, 0.15) is 0 Å². The van der Waals surface area contributed by atoms with Crippen molar-refractivity contribution in [2.75, 3.05) is 0 Å². The first-order valence-corrected chi connectivity index (χ1v) is 16.6. The van der Waals surface area contributed by atoms with E-state index in [2.05, 4.69) is 42.5 Å². The standard InChI is InChI=1S/C45H29N3S/c1-3-12-30(13-4-1)31-22-26-34(27-23-31)43-46-44(48-45(47-43)40-18-8-7-16-36(40)32-14-5-2-6-15-32)35-28-24-33(25-29-35)37-19-11-20-39-38-17-9-10-21-41(38)49-42(37)39/h1-29H/i9D,10D,11D,17D,19D,20D,21D. The molecule has 0 saturated carbocycles. The Kier molecular flexibility index (Phi) is 5.67. The topological polar surface area (TPSA) is 38.7 Å². The maximum Gasteiger partial charge on any atom is 0.164 e. The van der Waals surface area contributed by atoms with Crippen molar-refractivity contribution in [1.29, 1.82) is 0 Å². The van der Waals surface area contributed by atoms with Gasteiger partial charge in [-0.2, -0.15) is 0 Å². The van der Waals surface area contributed by atoms with Crippen molar-refractivity contribution in [3.8, 4) is 67.5 Å². The van der Waals surface area contributed by atoms with E-state index < -0.39 is 6.04 Å². The third-order valence-electron chi connectivity index (χ3n) is 8.51. The Morgan fingerprint density at radius 2 is 0.857 bits per heavy atom. The number of fused-ring (bicyclic) bond motifs is 3. The van der Waals surface area contributed by atoms with Crippen molar-refractivity contribution in [2.24, 2.45) is 0 Å². The zero-order chi connectivity index (χ0) is 38.7. The van der Waals surface area contributed by atoms with Gasteiger partial charge < -0.3 is 0 Å². The number of aromatic nitrogens is 3. The van der Waals surface area contributed by atoms with Gasteiger partial charge in [0, 0.05) is 36.9 Å². The van der Waals surface area contributed by atoms with Gasteiger partial charge in [0.25, 0.3) is 0 Å². The molecular formula is C45H29N3S. The molecule has 4 heteroatoms. The number of hydrogen-bond donors (Lipinski definition) is 0. The van der Waals surface area contributed by atoms with Crippen LogP contribution in [0.4, 0.5) is 0 Å². The SMILES string of the molecule is [2H]c1c([2H])c([2H])c2c(sc3c(-c4ccc(-c5nc(-c6ccc(-c7ccccc7)cc6)nc(-c6ccccc6-c6ccccc6)n5)cc4)c([2H])c([2H])c([2H])c32)c1[2H]. The van der Waals surface area contributed by atoms with Crippen LogP contribution in [0.15, 0.2) is 176 Å². The highest BCUT2D eigenvalue weighted by atomic mass is 32.1.